The van der Waals surface area contributed by atoms with Crippen LogP contribution in [-0.2, 0) is 0 Å². The summed E-state index contributed by atoms with van der Waals surface area (Å²) in [6.45, 7) is 4.43. The number of hydrogen-bond acceptors (Lipinski definition) is 1. The van der Waals surface area contributed by atoms with Crippen molar-refractivity contribution in [3.63, 3.8) is 0 Å². The summed E-state index contributed by atoms with van der Waals surface area (Å²) in [4.78, 5) is 0. The molecular formula is C10H19N. The van der Waals surface area contributed by atoms with Crippen LogP contribution in [-0.4, -0.2) is 6.04 Å². The standard InChI is InChI=1S/C10H19N/c1-8(2)7-9-5-3-4-6-10(9)11/h7-8,10H,3-6,11H2,1-2H3. The summed E-state index contributed by atoms with van der Waals surface area (Å²) in [6, 6.07) is 0.367. The van der Waals surface area contributed by atoms with Crippen LogP contribution in [0.4, 0.5) is 0 Å². The predicted octanol–water partition coefficient (Wildman–Crippen LogP) is 2.47. The van der Waals surface area contributed by atoms with E-state index in [1.807, 2.05) is 0 Å². The first-order valence-corrected chi connectivity index (χ1v) is 4.66. The maximum Gasteiger partial charge on any atom is 0.0253 e. The zero-order chi connectivity index (χ0) is 8.27. The van der Waals surface area contributed by atoms with Gasteiger partial charge in [-0.15, -0.1) is 0 Å². The fourth-order valence-electron chi connectivity index (χ4n) is 1.70. The van der Waals surface area contributed by atoms with Gasteiger partial charge in [-0.2, -0.15) is 0 Å². The van der Waals surface area contributed by atoms with Gasteiger partial charge in [0.15, 0.2) is 0 Å². The topological polar surface area (TPSA) is 26.0 Å². The van der Waals surface area contributed by atoms with Crippen molar-refractivity contribution in [1.29, 1.82) is 0 Å². The maximum atomic E-state index is 5.96. The molecule has 1 aliphatic rings. The van der Waals surface area contributed by atoms with E-state index < -0.39 is 0 Å². The molecule has 0 aromatic heterocycles. The Morgan fingerprint density at radius 1 is 1.45 bits per heavy atom. The third-order valence-corrected chi connectivity index (χ3v) is 2.25. The lowest BCUT2D eigenvalue weighted by molar-refractivity contribution is 0.530. The van der Waals surface area contributed by atoms with E-state index in [0.29, 0.717) is 12.0 Å². The van der Waals surface area contributed by atoms with E-state index in [2.05, 4.69) is 19.9 Å². The second-order valence-electron chi connectivity index (χ2n) is 3.84. The van der Waals surface area contributed by atoms with E-state index in [-0.39, 0.29) is 0 Å². The Kier molecular flexibility index (Phi) is 3.13. The number of rotatable bonds is 1. The van der Waals surface area contributed by atoms with Crippen molar-refractivity contribution in [2.45, 2.75) is 45.6 Å². The average Bonchev–Trinajstić information content (AvgIpc) is 1.93. The molecule has 1 rings (SSSR count). The van der Waals surface area contributed by atoms with Gasteiger partial charge in [0, 0.05) is 6.04 Å². The smallest absolute Gasteiger partial charge is 0.0253 e. The van der Waals surface area contributed by atoms with Crippen molar-refractivity contribution in [2.24, 2.45) is 11.7 Å². The van der Waals surface area contributed by atoms with Crippen LogP contribution in [0.25, 0.3) is 0 Å². The first kappa shape index (κ1) is 8.79. The van der Waals surface area contributed by atoms with Crippen molar-refractivity contribution in [1.82, 2.24) is 0 Å². The molecule has 0 saturated heterocycles. The molecule has 0 aliphatic heterocycles. The minimum absolute atomic E-state index is 0.367. The Morgan fingerprint density at radius 2 is 2.18 bits per heavy atom. The van der Waals surface area contributed by atoms with Gasteiger partial charge in [-0.05, 0) is 25.2 Å². The molecule has 2 N–H and O–H groups in total. The lowest BCUT2D eigenvalue weighted by atomic mass is 9.89. The highest BCUT2D eigenvalue weighted by Crippen LogP contribution is 2.23. The summed E-state index contributed by atoms with van der Waals surface area (Å²) >= 11 is 0. The Morgan fingerprint density at radius 3 is 2.73 bits per heavy atom. The van der Waals surface area contributed by atoms with Crippen molar-refractivity contribution in [3.05, 3.63) is 11.6 Å². The van der Waals surface area contributed by atoms with E-state index in [1.54, 1.807) is 0 Å². The van der Waals surface area contributed by atoms with Crippen LogP contribution in [0.15, 0.2) is 11.6 Å². The maximum absolute atomic E-state index is 5.96. The molecule has 1 atom stereocenters. The number of nitrogens with two attached hydrogens (primary N) is 1. The van der Waals surface area contributed by atoms with Crippen molar-refractivity contribution >= 4 is 0 Å². The second kappa shape index (κ2) is 3.91. The zero-order valence-corrected chi connectivity index (χ0v) is 7.64. The average molecular weight is 153 g/mol. The monoisotopic (exact) mass is 153 g/mol. The highest BCUT2D eigenvalue weighted by Gasteiger charge is 2.13. The van der Waals surface area contributed by atoms with E-state index in [9.17, 15) is 0 Å². The number of hydrogen-bond donors (Lipinski definition) is 1. The van der Waals surface area contributed by atoms with Gasteiger partial charge in [0.2, 0.25) is 0 Å². The SMILES string of the molecule is CC(C)C=C1CCCCC1N. The molecule has 64 valence electrons. The highest BCUT2D eigenvalue weighted by molar-refractivity contribution is 5.12. The van der Waals surface area contributed by atoms with E-state index in [0.717, 1.165) is 0 Å². The highest BCUT2D eigenvalue weighted by atomic mass is 14.6. The molecule has 1 fully saturated rings. The van der Waals surface area contributed by atoms with Gasteiger partial charge in [0.05, 0.1) is 0 Å². The number of allylic oxidation sites excluding steroid dienone is 1. The van der Waals surface area contributed by atoms with Crippen molar-refractivity contribution < 1.29 is 0 Å². The van der Waals surface area contributed by atoms with Crippen LogP contribution in [0.1, 0.15) is 39.5 Å². The molecule has 0 aromatic carbocycles. The Bertz CT molecular complexity index is 147. The molecule has 0 heterocycles. The first-order chi connectivity index (χ1) is 5.20. The fourth-order valence-corrected chi connectivity index (χ4v) is 1.70. The molecule has 0 amide bonds. The predicted molar refractivity (Wildman–Crippen MR) is 49.4 cm³/mol. The van der Waals surface area contributed by atoms with Gasteiger partial charge in [-0.3, -0.25) is 0 Å². The zero-order valence-electron chi connectivity index (χ0n) is 7.64. The van der Waals surface area contributed by atoms with Gasteiger partial charge in [0.25, 0.3) is 0 Å². The van der Waals surface area contributed by atoms with Gasteiger partial charge in [0.1, 0.15) is 0 Å². The fraction of sp³-hybridized carbons (Fsp3) is 0.800. The minimum atomic E-state index is 0.367. The Labute approximate surface area is 69.7 Å². The lowest BCUT2D eigenvalue weighted by Crippen LogP contribution is -2.25. The van der Waals surface area contributed by atoms with Crippen molar-refractivity contribution in [3.8, 4) is 0 Å². The van der Waals surface area contributed by atoms with Crippen LogP contribution < -0.4 is 5.73 Å². The third-order valence-electron chi connectivity index (χ3n) is 2.25. The van der Waals surface area contributed by atoms with Crippen molar-refractivity contribution in [2.75, 3.05) is 0 Å². The molecule has 0 aromatic rings. The minimum Gasteiger partial charge on any atom is -0.324 e. The first-order valence-electron chi connectivity index (χ1n) is 4.66. The molecular weight excluding hydrogens is 134 g/mol. The normalized spacial score (nSPS) is 29.8. The van der Waals surface area contributed by atoms with Crippen LogP contribution in [0.2, 0.25) is 0 Å². The van der Waals surface area contributed by atoms with Gasteiger partial charge < -0.3 is 5.73 Å². The molecule has 1 unspecified atom stereocenters. The summed E-state index contributed by atoms with van der Waals surface area (Å²) in [6.07, 6.45) is 7.42. The summed E-state index contributed by atoms with van der Waals surface area (Å²) in [5.41, 5.74) is 7.45. The van der Waals surface area contributed by atoms with Crippen LogP contribution in [0.5, 0.6) is 0 Å². The van der Waals surface area contributed by atoms with Crippen LogP contribution in [0.3, 0.4) is 0 Å². The molecule has 1 aliphatic carbocycles. The summed E-state index contributed by atoms with van der Waals surface area (Å²) in [7, 11) is 0. The molecule has 0 spiro atoms. The largest absolute Gasteiger partial charge is 0.324 e. The summed E-state index contributed by atoms with van der Waals surface area (Å²) in [5.74, 6) is 0.661. The van der Waals surface area contributed by atoms with Gasteiger partial charge in [-0.25, -0.2) is 0 Å². The molecule has 11 heavy (non-hydrogen) atoms. The molecule has 1 heteroatoms. The quantitative estimate of drug-likeness (QED) is 0.575. The molecule has 0 radical (unpaired) electrons. The molecule has 0 bridgehead atoms. The van der Waals surface area contributed by atoms with Gasteiger partial charge >= 0.3 is 0 Å². The van der Waals surface area contributed by atoms with Crippen LogP contribution >= 0.6 is 0 Å². The van der Waals surface area contributed by atoms with E-state index >= 15 is 0 Å². The van der Waals surface area contributed by atoms with Gasteiger partial charge in [-0.1, -0.05) is 31.9 Å². The van der Waals surface area contributed by atoms with Crippen LogP contribution in [0, 0.1) is 5.92 Å². The van der Waals surface area contributed by atoms with E-state index in [4.69, 9.17) is 5.73 Å². The lowest BCUT2D eigenvalue weighted by Gasteiger charge is -2.22. The second-order valence-corrected chi connectivity index (χ2v) is 3.84. The summed E-state index contributed by atoms with van der Waals surface area (Å²) in [5, 5.41) is 0. The summed E-state index contributed by atoms with van der Waals surface area (Å²) < 4.78 is 0. The molecule has 1 nitrogen and oxygen atoms in total. The third kappa shape index (κ3) is 2.66. The van der Waals surface area contributed by atoms with E-state index in [1.165, 1.54) is 31.3 Å². The Balaban J connectivity index is 2.53. The Hall–Kier alpha value is -0.300. The molecule has 1 saturated carbocycles.